The number of hydrogen-bond acceptors (Lipinski definition) is 6. The van der Waals surface area contributed by atoms with Crippen LogP contribution < -0.4 is 26.7 Å². The first kappa shape index (κ1) is 22.3. The molecule has 1 aromatic heterocycles. The Morgan fingerprint density at radius 2 is 1.94 bits per heavy atom. The van der Waals surface area contributed by atoms with Gasteiger partial charge in [-0.3, -0.25) is 9.36 Å². The summed E-state index contributed by atoms with van der Waals surface area (Å²) in [6.45, 7) is -0.568. The van der Waals surface area contributed by atoms with Crippen LogP contribution in [0.2, 0.25) is 0 Å². The second-order valence-corrected chi connectivity index (χ2v) is 7.31. The molecule has 1 unspecified atom stereocenters. The fourth-order valence-electron chi connectivity index (χ4n) is 3.73. The molecular weight excluding hydrogens is 430 g/mol. The lowest BCUT2D eigenvalue weighted by molar-refractivity contribution is -0.0498. The topological polar surface area (TPSA) is 90.5 Å². The van der Waals surface area contributed by atoms with E-state index in [0.29, 0.717) is 40.6 Å². The van der Waals surface area contributed by atoms with Crippen molar-refractivity contribution in [3.05, 3.63) is 70.5 Å². The maximum absolute atomic E-state index is 13.7. The molecule has 1 aliphatic rings. The first-order chi connectivity index (χ1) is 15.9. The molecule has 9 heteroatoms. The average Bonchev–Trinajstić information content (AvgIpc) is 2.80. The Balaban J connectivity index is 1.89. The van der Waals surface area contributed by atoms with Gasteiger partial charge in [0.05, 0.1) is 17.1 Å². The molecule has 3 aromatic rings. The van der Waals surface area contributed by atoms with Gasteiger partial charge in [0.15, 0.2) is 0 Å². The van der Waals surface area contributed by atoms with Gasteiger partial charge in [0.2, 0.25) is 0 Å². The number of alkyl halides is 2. The number of benzene rings is 2. The van der Waals surface area contributed by atoms with Gasteiger partial charge in [-0.05, 0) is 61.0 Å². The molecule has 2 aromatic carbocycles. The van der Waals surface area contributed by atoms with Gasteiger partial charge in [0.25, 0.3) is 5.56 Å². The lowest BCUT2D eigenvalue weighted by Gasteiger charge is -2.26. The van der Waals surface area contributed by atoms with Gasteiger partial charge in [-0.15, -0.1) is 0 Å². The first-order valence-electron chi connectivity index (χ1n) is 10.4. The molecule has 0 spiro atoms. The number of ether oxygens (including phenoxy) is 2. The minimum absolute atomic E-state index is 0.00376. The Morgan fingerprint density at radius 1 is 1.18 bits per heavy atom. The summed E-state index contributed by atoms with van der Waals surface area (Å²) in [5.74, 6) is 0.542. The van der Waals surface area contributed by atoms with Crippen molar-refractivity contribution in [1.82, 2.24) is 4.57 Å². The minimum Gasteiger partial charge on any atom is -0.435 e. The van der Waals surface area contributed by atoms with Gasteiger partial charge in [-0.2, -0.15) is 8.78 Å². The summed E-state index contributed by atoms with van der Waals surface area (Å²) in [6, 6.07) is 13.0. The summed E-state index contributed by atoms with van der Waals surface area (Å²) in [6.07, 6.45) is 3.34. The Morgan fingerprint density at radius 3 is 2.61 bits per heavy atom. The quantitative estimate of drug-likeness (QED) is 0.455. The highest BCUT2D eigenvalue weighted by Crippen LogP contribution is 2.31. The molecule has 0 saturated heterocycles. The minimum atomic E-state index is -2.93. The van der Waals surface area contributed by atoms with Crippen LogP contribution in [0.15, 0.2) is 59.4 Å². The molecule has 2 heterocycles. The second-order valence-electron chi connectivity index (χ2n) is 7.31. The average molecular weight is 454 g/mol. The SMILES string of the molecule is CCOC1C=Cc2cc(-c3ccc(N)c(NC)c3)c(=O)n(-c3ccc(OC(F)F)cc3)c2N1. The van der Waals surface area contributed by atoms with Crippen molar-refractivity contribution < 1.29 is 18.3 Å². The van der Waals surface area contributed by atoms with E-state index < -0.39 is 12.8 Å². The van der Waals surface area contributed by atoms with Gasteiger partial charge < -0.3 is 25.8 Å². The van der Waals surface area contributed by atoms with Gasteiger partial charge >= 0.3 is 6.61 Å². The van der Waals surface area contributed by atoms with E-state index in [4.69, 9.17) is 10.5 Å². The summed E-state index contributed by atoms with van der Waals surface area (Å²) in [4.78, 5) is 13.7. The van der Waals surface area contributed by atoms with Crippen molar-refractivity contribution in [2.24, 2.45) is 0 Å². The molecule has 1 aliphatic heterocycles. The monoisotopic (exact) mass is 454 g/mol. The van der Waals surface area contributed by atoms with E-state index >= 15 is 0 Å². The molecular formula is C24H24F2N4O3. The number of rotatable bonds is 7. The van der Waals surface area contributed by atoms with Crippen LogP contribution in [0.1, 0.15) is 12.5 Å². The Hall–Kier alpha value is -3.85. The maximum Gasteiger partial charge on any atom is 0.387 e. The summed E-state index contributed by atoms with van der Waals surface area (Å²) < 4.78 is 36.7. The van der Waals surface area contributed by atoms with Crippen LogP contribution in [0.5, 0.6) is 5.75 Å². The van der Waals surface area contributed by atoms with Crippen molar-refractivity contribution in [3.63, 3.8) is 0 Å². The molecule has 0 amide bonds. The molecule has 0 aliphatic carbocycles. The Labute approximate surface area is 189 Å². The van der Waals surface area contributed by atoms with E-state index in [1.54, 1.807) is 37.4 Å². The number of pyridine rings is 1. The number of hydrogen-bond donors (Lipinski definition) is 3. The van der Waals surface area contributed by atoms with E-state index in [1.807, 2.05) is 25.1 Å². The van der Waals surface area contributed by atoms with E-state index in [1.165, 1.54) is 16.7 Å². The number of anilines is 3. The second kappa shape index (κ2) is 9.33. The molecule has 1 atom stereocenters. The highest BCUT2D eigenvalue weighted by Gasteiger charge is 2.22. The van der Waals surface area contributed by atoms with E-state index in [-0.39, 0.29) is 11.3 Å². The predicted octanol–water partition coefficient (Wildman–Crippen LogP) is 4.53. The fourth-order valence-corrected chi connectivity index (χ4v) is 3.73. The number of fused-ring (bicyclic) bond motifs is 1. The summed E-state index contributed by atoms with van der Waals surface area (Å²) >= 11 is 0. The highest BCUT2D eigenvalue weighted by molar-refractivity contribution is 5.80. The zero-order valence-electron chi connectivity index (χ0n) is 18.1. The number of aromatic nitrogens is 1. The number of nitrogen functional groups attached to an aromatic ring is 1. The standard InChI is InChI=1S/C24H24F2N4O3/c1-3-32-21-11-5-15-12-18(14-4-10-19(27)20(13-14)28-2)23(31)30(22(15)29-21)16-6-8-17(9-7-16)33-24(25)26/h4-13,21,24,28-29H,3,27H2,1-2H3. The van der Waals surface area contributed by atoms with E-state index in [2.05, 4.69) is 15.4 Å². The van der Waals surface area contributed by atoms with Crippen molar-refractivity contribution in [2.75, 3.05) is 30.0 Å². The summed E-state index contributed by atoms with van der Waals surface area (Å²) in [5.41, 5.74) is 9.38. The van der Waals surface area contributed by atoms with Crippen LogP contribution >= 0.6 is 0 Å². The lowest BCUT2D eigenvalue weighted by atomic mass is 10.0. The number of nitrogens with zero attached hydrogens (tertiary/aromatic N) is 1. The third kappa shape index (κ3) is 4.54. The fraction of sp³-hybridized carbons (Fsp3) is 0.208. The normalized spacial score (nSPS) is 14.6. The smallest absolute Gasteiger partial charge is 0.387 e. The number of nitrogens with two attached hydrogens (primary N) is 1. The first-order valence-corrected chi connectivity index (χ1v) is 10.4. The number of halogens is 2. The molecule has 0 bridgehead atoms. The van der Waals surface area contributed by atoms with Gasteiger partial charge in [-0.25, -0.2) is 0 Å². The van der Waals surface area contributed by atoms with Crippen molar-refractivity contribution in [1.29, 1.82) is 0 Å². The largest absolute Gasteiger partial charge is 0.435 e. The van der Waals surface area contributed by atoms with Crippen LogP contribution in [0.3, 0.4) is 0 Å². The molecule has 33 heavy (non-hydrogen) atoms. The van der Waals surface area contributed by atoms with Gasteiger partial charge in [0, 0.05) is 24.8 Å². The molecule has 172 valence electrons. The molecule has 0 radical (unpaired) electrons. The highest BCUT2D eigenvalue weighted by atomic mass is 19.3. The van der Waals surface area contributed by atoms with Crippen molar-refractivity contribution >= 4 is 23.3 Å². The van der Waals surface area contributed by atoms with Crippen LogP contribution in [-0.4, -0.2) is 31.1 Å². The molecule has 4 N–H and O–H groups in total. The van der Waals surface area contributed by atoms with Crippen LogP contribution in [-0.2, 0) is 4.74 Å². The maximum atomic E-state index is 13.7. The molecule has 0 fully saturated rings. The summed E-state index contributed by atoms with van der Waals surface area (Å²) in [5, 5.41) is 6.26. The molecule has 4 rings (SSSR count). The van der Waals surface area contributed by atoms with Crippen molar-refractivity contribution in [3.8, 4) is 22.6 Å². The predicted molar refractivity (Wildman–Crippen MR) is 126 cm³/mol. The van der Waals surface area contributed by atoms with Crippen LogP contribution in [0.4, 0.5) is 26.0 Å². The molecule has 7 nitrogen and oxygen atoms in total. The van der Waals surface area contributed by atoms with E-state index in [0.717, 1.165) is 5.56 Å². The summed E-state index contributed by atoms with van der Waals surface area (Å²) in [7, 11) is 1.75. The van der Waals surface area contributed by atoms with Crippen LogP contribution in [0.25, 0.3) is 22.9 Å². The van der Waals surface area contributed by atoms with Gasteiger partial charge in [0.1, 0.15) is 17.8 Å². The lowest BCUT2D eigenvalue weighted by Crippen LogP contribution is -2.31. The third-order valence-corrected chi connectivity index (χ3v) is 5.26. The zero-order chi connectivity index (χ0) is 23.5. The zero-order valence-corrected chi connectivity index (χ0v) is 18.1. The number of nitrogens with one attached hydrogen (secondary N) is 2. The van der Waals surface area contributed by atoms with Gasteiger partial charge in [-0.1, -0.05) is 12.1 Å². The van der Waals surface area contributed by atoms with Crippen molar-refractivity contribution in [2.45, 2.75) is 19.8 Å². The molecule has 0 saturated carbocycles. The third-order valence-electron chi connectivity index (χ3n) is 5.26. The van der Waals surface area contributed by atoms with Crippen LogP contribution in [0, 0.1) is 0 Å². The van der Waals surface area contributed by atoms with E-state index in [9.17, 15) is 13.6 Å². The Kier molecular flexibility index (Phi) is 6.32. The Bertz CT molecular complexity index is 1240.